The van der Waals surface area contributed by atoms with Crippen molar-refractivity contribution in [2.45, 2.75) is 26.2 Å². The molecule has 0 fully saturated rings. The topological polar surface area (TPSA) is 52.3 Å². The molecule has 0 aliphatic heterocycles. The third-order valence-corrected chi connectivity index (χ3v) is 3.07. The van der Waals surface area contributed by atoms with Crippen LogP contribution in [0.4, 0.5) is 0 Å². The van der Waals surface area contributed by atoms with Gasteiger partial charge in [0.05, 0.1) is 12.8 Å². The summed E-state index contributed by atoms with van der Waals surface area (Å²) >= 11 is 0. The zero-order valence-corrected chi connectivity index (χ0v) is 11.3. The summed E-state index contributed by atoms with van der Waals surface area (Å²) in [7, 11) is 0. The van der Waals surface area contributed by atoms with Gasteiger partial charge in [-0.1, -0.05) is 30.3 Å². The molecule has 4 heteroatoms. The maximum atomic E-state index is 11.5. The van der Waals surface area contributed by atoms with E-state index in [2.05, 4.69) is 4.98 Å². The molecule has 0 amide bonds. The molecule has 4 nitrogen and oxygen atoms in total. The summed E-state index contributed by atoms with van der Waals surface area (Å²) in [5.41, 5.74) is 0.750. The molecule has 0 unspecified atom stereocenters. The van der Waals surface area contributed by atoms with Crippen molar-refractivity contribution in [3.05, 3.63) is 53.7 Å². The van der Waals surface area contributed by atoms with Crippen LogP contribution in [0.25, 0.3) is 0 Å². The number of carbonyl (C=O) groups is 1. The quantitative estimate of drug-likeness (QED) is 0.791. The number of ether oxygens (including phenoxy) is 1. The molecule has 0 bridgehead atoms. The molecule has 0 N–H and O–H groups in total. The number of rotatable bonds is 4. The highest BCUT2D eigenvalue weighted by Gasteiger charge is 2.28. The Kier molecular flexibility index (Phi) is 3.69. The van der Waals surface area contributed by atoms with Gasteiger partial charge < -0.3 is 9.15 Å². The van der Waals surface area contributed by atoms with E-state index in [9.17, 15) is 4.79 Å². The van der Waals surface area contributed by atoms with E-state index in [0.717, 1.165) is 5.56 Å². The number of benzene rings is 1. The molecule has 0 aliphatic rings. The predicted molar refractivity (Wildman–Crippen MR) is 71.0 cm³/mol. The zero-order valence-electron chi connectivity index (χ0n) is 11.3. The van der Waals surface area contributed by atoms with Gasteiger partial charge in [0.1, 0.15) is 5.76 Å². The molecule has 0 atom stereocenters. The molecule has 0 radical (unpaired) electrons. The highest BCUT2D eigenvalue weighted by Crippen LogP contribution is 2.31. The summed E-state index contributed by atoms with van der Waals surface area (Å²) in [6, 6.07) is 9.95. The second-order valence-corrected chi connectivity index (χ2v) is 4.74. The normalized spacial score (nSPS) is 11.3. The van der Waals surface area contributed by atoms with Crippen LogP contribution < -0.4 is 0 Å². The summed E-state index contributed by atoms with van der Waals surface area (Å²) in [6.45, 7) is 6.10. The Labute approximate surface area is 112 Å². The molecule has 0 spiro atoms. The lowest BCUT2D eigenvalue weighted by atomic mass is 9.83. The Balaban J connectivity index is 2.29. The van der Waals surface area contributed by atoms with Gasteiger partial charge in [0.2, 0.25) is 0 Å². The van der Waals surface area contributed by atoms with Crippen molar-refractivity contribution < 1.29 is 13.9 Å². The van der Waals surface area contributed by atoms with Crippen LogP contribution in [0.3, 0.4) is 0 Å². The fourth-order valence-corrected chi connectivity index (χ4v) is 1.85. The molecular weight excluding hydrogens is 242 g/mol. The molecule has 1 heterocycles. The summed E-state index contributed by atoms with van der Waals surface area (Å²) in [6.07, 6.45) is 1.58. The molecule has 0 saturated heterocycles. The fraction of sp³-hybridized carbons (Fsp3) is 0.333. The van der Waals surface area contributed by atoms with Crippen molar-refractivity contribution in [2.75, 3.05) is 6.61 Å². The molecule has 100 valence electrons. The van der Waals surface area contributed by atoms with E-state index in [0.29, 0.717) is 12.4 Å². The Morgan fingerprint density at radius 2 is 2.00 bits per heavy atom. The number of hydrogen-bond acceptors (Lipinski definition) is 4. The summed E-state index contributed by atoms with van der Waals surface area (Å²) in [5, 5.41) is 0. The predicted octanol–water partition coefficient (Wildman–Crippen LogP) is 3.18. The number of oxazole rings is 1. The SMILES string of the molecule is CCOC(=O)c1ncc(C(C)(C)c2ccccc2)o1. The first kappa shape index (κ1) is 13.3. The van der Waals surface area contributed by atoms with E-state index in [1.165, 1.54) is 0 Å². The van der Waals surface area contributed by atoms with Crippen molar-refractivity contribution in [3.63, 3.8) is 0 Å². The third-order valence-electron chi connectivity index (χ3n) is 3.07. The van der Waals surface area contributed by atoms with Gasteiger partial charge in [-0.2, -0.15) is 0 Å². The van der Waals surface area contributed by atoms with Gasteiger partial charge in [0.15, 0.2) is 0 Å². The van der Waals surface area contributed by atoms with Crippen molar-refractivity contribution in [3.8, 4) is 0 Å². The number of hydrogen-bond donors (Lipinski definition) is 0. The molecule has 2 aromatic rings. The van der Waals surface area contributed by atoms with Gasteiger partial charge in [0.25, 0.3) is 0 Å². The molecule has 2 rings (SSSR count). The van der Waals surface area contributed by atoms with E-state index in [4.69, 9.17) is 9.15 Å². The third kappa shape index (κ3) is 2.67. The van der Waals surface area contributed by atoms with Crippen LogP contribution in [0.15, 0.2) is 40.9 Å². The average Bonchev–Trinajstić information content (AvgIpc) is 2.90. The fourth-order valence-electron chi connectivity index (χ4n) is 1.85. The maximum Gasteiger partial charge on any atom is 0.394 e. The molecule has 19 heavy (non-hydrogen) atoms. The van der Waals surface area contributed by atoms with Crippen LogP contribution in [-0.2, 0) is 10.2 Å². The molecule has 0 aliphatic carbocycles. The highest BCUT2D eigenvalue weighted by molar-refractivity contribution is 5.84. The largest absolute Gasteiger partial charge is 0.459 e. The molecule has 1 aromatic carbocycles. The second-order valence-electron chi connectivity index (χ2n) is 4.74. The zero-order chi connectivity index (χ0) is 13.9. The van der Waals surface area contributed by atoms with Crippen LogP contribution in [0, 0.1) is 0 Å². The van der Waals surface area contributed by atoms with E-state index in [1.807, 2.05) is 44.2 Å². The van der Waals surface area contributed by atoms with E-state index >= 15 is 0 Å². The summed E-state index contributed by atoms with van der Waals surface area (Å²) in [5.74, 6) is 0.111. The summed E-state index contributed by atoms with van der Waals surface area (Å²) in [4.78, 5) is 15.5. The minimum atomic E-state index is -0.530. The van der Waals surface area contributed by atoms with Crippen molar-refractivity contribution >= 4 is 5.97 Å². The van der Waals surface area contributed by atoms with Crippen LogP contribution in [-0.4, -0.2) is 17.6 Å². The minimum Gasteiger partial charge on any atom is -0.459 e. The first-order chi connectivity index (χ1) is 9.05. The van der Waals surface area contributed by atoms with Gasteiger partial charge in [0, 0.05) is 5.41 Å². The van der Waals surface area contributed by atoms with Gasteiger partial charge in [-0.3, -0.25) is 0 Å². The van der Waals surface area contributed by atoms with Crippen molar-refractivity contribution in [1.29, 1.82) is 0 Å². The first-order valence-electron chi connectivity index (χ1n) is 6.24. The Morgan fingerprint density at radius 3 is 2.63 bits per heavy atom. The van der Waals surface area contributed by atoms with Gasteiger partial charge >= 0.3 is 11.9 Å². The Hall–Kier alpha value is -2.10. The standard InChI is InChI=1S/C15H17NO3/c1-4-18-14(17)13-16-10-12(19-13)15(2,3)11-8-6-5-7-9-11/h5-10H,4H2,1-3H3. The van der Waals surface area contributed by atoms with Gasteiger partial charge in [-0.25, -0.2) is 9.78 Å². The minimum absolute atomic E-state index is 0.000793. The maximum absolute atomic E-state index is 11.5. The van der Waals surface area contributed by atoms with Crippen molar-refractivity contribution in [2.24, 2.45) is 0 Å². The van der Waals surface area contributed by atoms with E-state index in [1.54, 1.807) is 13.1 Å². The van der Waals surface area contributed by atoms with E-state index < -0.39 is 5.97 Å². The molecular formula is C15H17NO3. The number of esters is 1. The number of nitrogens with zero attached hydrogens (tertiary/aromatic N) is 1. The van der Waals surface area contributed by atoms with E-state index in [-0.39, 0.29) is 11.3 Å². The lowest BCUT2D eigenvalue weighted by molar-refractivity contribution is 0.0477. The Bertz CT molecular complexity index is 558. The van der Waals surface area contributed by atoms with Crippen molar-refractivity contribution in [1.82, 2.24) is 4.98 Å². The van der Waals surface area contributed by atoms with Gasteiger partial charge in [-0.05, 0) is 26.3 Å². The first-order valence-corrected chi connectivity index (χ1v) is 6.24. The second kappa shape index (κ2) is 5.26. The lowest BCUT2D eigenvalue weighted by Gasteiger charge is -2.21. The van der Waals surface area contributed by atoms with Crippen LogP contribution in [0.2, 0.25) is 0 Å². The van der Waals surface area contributed by atoms with Crippen LogP contribution in [0.5, 0.6) is 0 Å². The molecule has 0 saturated carbocycles. The molecule has 1 aromatic heterocycles. The average molecular weight is 259 g/mol. The Morgan fingerprint density at radius 1 is 1.32 bits per heavy atom. The van der Waals surface area contributed by atoms with Crippen LogP contribution in [0.1, 0.15) is 42.8 Å². The van der Waals surface area contributed by atoms with Crippen LogP contribution >= 0.6 is 0 Å². The number of aromatic nitrogens is 1. The summed E-state index contributed by atoms with van der Waals surface area (Å²) < 4.78 is 10.4. The smallest absolute Gasteiger partial charge is 0.394 e. The monoisotopic (exact) mass is 259 g/mol. The highest BCUT2D eigenvalue weighted by atomic mass is 16.5. The number of carbonyl (C=O) groups excluding carboxylic acids is 1. The lowest BCUT2D eigenvalue weighted by Crippen LogP contribution is -2.17. The van der Waals surface area contributed by atoms with Gasteiger partial charge in [-0.15, -0.1) is 0 Å².